The number of carbonyl (C=O) groups excluding carboxylic acids is 2. The lowest BCUT2D eigenvalue weighted by Crippen LogP contribution is -2.12. The van der Waals surface area contributed by atoms with E-state index >= 15 is 0 Å². The summed E-state index contributed by atoms with van der Waals surface area (Å²) in [5, 5.41) is 0. The third kappa shape index (κ3) is 5.54. The number of rotatable bonds is 8. The molecule has 2 heterocycles. The van der Waals surface area contributed by atoms with Crippen LogP contribution in [0.5, 0.6) is 11.5 Å². The summed E-state index contributed by atoms with van der Waals surface area (Å²) in [6, 6.07) is 17.4. The third-order valence-electron chi connectivity index (χ3n) is 4.60. The average molecular weight is 545 g/mol. The predicted molar refractivity (Wildman–Crippen MR) is 127 cm³/mol. The Hall–Kier alpha value is -2.65. The Morgan fingerprint density at radius 2 is 1.68 bits per heavy atom. The highest BCUT2D eigenvalue weighted by Gasteiger charge is 2.14. The maximum absolute atomic E-state index is 14.6. The molecule has 0 fully saturated rings. The third-order valence-corrected chi connectivity index (χ3v) is 6.50. The summed E-state index contributed by atoms with van der Waals surface area (Å²) < 4.78 is 22.3. The van der Waals surface area contributed by atoms with Crippen molar-refractivity contribution in [3.63, 3.8) is 0 Å². The van der Waals surface area contributed by atoms with Crippen LogP contribution in [-0.2, 0) is 22.4 Å². The number of carbonyl (C=O) groups is 2. The van der Waals surface area contributed by atoms with Crippen molar-refractivity contribution in [1.82, 2.24) is 4.98 Å². The van der Waals surface area contributed by atoms with E-state index in [2.05, 4.69) is 27.6 Å². The summed E-state index contributed by atoms with van der Waals surface area (Å²) in [5.74, 6) is -0.335. The molecule has 31 heavy (non-hydrogen) atoms. The van der Waals surface area contributed by atoms with E-state index in [-0.39, 0.29) is 36.6 Å². The van der Waals surface area contributed by atoms with Crippen molar-refractivity contribution < 1.29 is 18.7 Å². The molecule has 2 aromatic heterocycles. The van der Waals surface area contributed by atoms with Crippen molar-refractivity contribution in [2.45, 2.75) is 19.3 Å². The number of thiophene rings is 1. The zero-order valence-corrected chi connectivity index (χ0v) is 19.3. The topological polar surface area (TPSA) is 56.3 Å². The first-order valence-electron chi connectivity index (χ1n) is 9.55. The monoisotopic (exact) mass is 545 g/mol. The lowest BCUT2D eigenvalue weighted by Gasteiger charge is -2.09. The second-order valence-electron chi connectivity index (χ2n) is 7.03. The van der Waals surface area contributed by atoms with Crippen LogP contribution in [0.4, 0.5) is 4.39 Å². The van der Waals surface area contributed by atoms with Crippen molar-refractivity contribution in [2.75, 3.05) is 0 Å². The predicted octanol–water partition coefficient (Wildman–Crippen LogP) is 6.15. The standard InChI is InChI=1S/C24H17FINO3S/c25-19-12-16(11-18(29)13-17(28)10-15-4-2-1-3-5-15)6-7-21(19)30-22-8-9-27-20-14-23(26)31-24(20)22/h1-9,12,14H,10-11,13H2. The molecular formula is C24H17FINO3S. The van der Waals surface area contributed by atoms with E-state index in [1.165, 1.54) is 23.5 Å². The number of fused-ring (bicyclic) bond motifs is 1. The number of aromatic nitrogens is 1. The fraction of sp³-hybridized carbons (Fsp3) is 0.125. The van der Waals surface area contributed by atoms with Gasteiger partial charge in [0, 0.05) is 25.1 Å². The van der Waals surface area contributed by atoms with Gasteiger partial charge in [-0.3, -0.25) is 14.6 Å². The molecule has 0 bridgehead atoms. The molecule has 0 N–H and O–H groups in total. The number of ketones is 2. The number of Topliss-reactive ketones (excluding diaryl/α,β-unsaturated/α-hetero) is 2. The minimum Gasteiger partial charge on any atom is -0.453 e. The first-order valence-corrected chi connectivity index (χ1v) is 11.4. The van der Waals surface area contributed by atoms with Crippen molar-refractivity contribution >= 4 is 55.7 Å². The zero-order chi connectivity index (χ0) is 21.8. The Bertz CT molecular complexity index is 1260. The van der Waals surface area contributed by atoms with E-state index < -0.39 is 5.82 Å². The molecule has 4 rings (SSSR count). The number of hydrogen-bond acceptors (Lipinski definition) is 5. The van der Waals surface area contributed by atoms with E-state index in [1.807, 2.05) is 36.4 Å². The molecule has 0 radical (unpaired) electrons. The SMILES string of the molecule is O=C(CC(=O)Cc1ccc(Oc2ccnc3cc(I)sc23)c(F)c1)Cc1ccccc1. The molecular weight excluding hydrogens is 528 g/mol. The van der Waals surface area contributed by atoms with E-state index in [0.29, 0.717) is 11.3 Å². The lowest BCUT2D eigenvalue weighted by atomic mass is 10.0. The van der Waals surface area contributed by atoms with Gasteiger partial charge in [-0.2, -0.15) is 0 Å². The molecule has 0 saturated carbocycles. The van der Waals surface area contributed by atoms with Gasteiger partial charge in [0.2, 0.25) is 0 Å². The molecule has 156 valence electrons. The van der Waals surface area contributed by atoms with Gasteiger partial charge in [-0.1, -0.05) is 36.4 Å². The van der Waals surface area contributed by atoms with E-state index in [4.69, 9.17) is 4.74 Å². The van der Waals surface area contributed by atoms with Crippen molar-refractivity contribution in [3.05, 3.63) is 86.7 Å². The Labute approximate surface area is 196 Å². The van der Waals surface area contributed by atoms with Crippen LogP contribution in [-0.4, -0.2) is 16.6 Å². The highest BCUT2D eigenvalue weighted by atomic mass is 127. The summed E-state index contributed by atoms with van der Waals surface area (Å²) in [5.41, 5.74) is 2.18. The maximum Gasteiger partial charge on any atom is 0.166 e. The van der Waals surface area contributed by atoms with Crippen molar-refractivity contribution in [2.24, 2.45) is 0 Å². The fourth-order valence-corrected chi connectivity index (χ4v) is 4.97. The van der Waals surface area contributed by atoms with Gasteiger partial charge in [-0.15, -0.1) is 11.3 Å². The average Bonchev–Trinajstić information content (AvgIpc) is 3.11. The van der Waals surface area contributed by atoms with Gasteiger partial charge in [-0.05, 0) is 51.9 Å². The number of pyridine rings is 1. The van der Waals surface area contributed by atoms with Crippen LogP contribution in [0, 0.1) is 8.70 Å². The van der Waals surface area contributed by atoms with Crippen molar-refractivity contribution in [1.29, 1.82) is 0 Å². The Balaban J connectivity index is 1.40. The second kappa shape index (κ2) is 9.65. The molecule has 4 aromatic rings. The molecule has 0 aliphatic carbocycles. The van der Waals surface area contributed by atoms with Crippen LogP contribution in [0.2, 0.25) is 0 Å². The molecule has 0 saturated heterocycles. The molecule has 2 aromatic carbocycles. The normalized spacial score (nSPS) is 10.9. The largest absolute Gasteiger partial charge is 0.453 e. The van der Waals surface area contributed by atoms with Crippen LogP contribution in [0.3, 0.4) is 0 Å². The summed E-state index contributed by atoms with van der Waals surface area (Å²) >= 11 is 3.73. The van der Waals surface area contributed by atoms with Crippen LogP contribution in [0.1, 0.15) is 17.5 Å². The van der Waals surface area contributed by atoms with Crippen LogP contribution >= 0.6 is 33.9 Å². The van der Waals surface area contributed by atoms with Crippen LogP contribution < -0.4 is 4.74 Å². The number of hydrogen-bond donors (Lipinski definition) is 0. The maximum atomic E-state index is 14.6. The molecule has 0 atom stereocenters. The van der Waals surface area contributed by atoms with Gasteiger partial charge in [-0.25, -0.2) is 4.39 Å². The highest BCUT2D eigenvalue weighted by Crippen LogP contribution is 2.36. The molecule has 0 amide bonds. The fourth-order valence-electron chi connectivity index (χ4n) is 3.22. The minimum absolute atomic E-state index is 0.000349. The molecule has 0 spiro atoms. The summed E-state index contributed by atoms with van der Waals surface area (Å²) in [7, 11) is 0. The number of benzene rings is 2. The van der Waals surface area contributed by atoms with E-state index in [1.54, 1.807) is 18.3 Å². The van der Waals surface area contributed by atoms with Crippen molar-refractivity contribution in [3.8, 4) is 11.5 Å². The first-order chi connectivity index (χ1) is 15.0. The second-order valence-corrected chi connectivity index (χ2v) is 9.98. The first kappa shape index (κ1) is 21.6. The van der Waals surface area contributed by atoms with E-state index in [0.717, 1.165) is 18.7 Å². The lowest BCUT2D eigenvalue weighted by molar-refractivity contribution is -0.126. The molecule has 0 unspecified atom stereocenters. The van der Waals surface area contributed by atoms with Gasteiger partial charge in [0.05, 0.1) is 19.5 Å². The van der Waals surface area contributed by atoms with Gasteiger partial charge in [0.15, 0.2) is 11.6 Å². The minimum atomic E-state index is -0.558. The molecule has 0 aliphatic heterocycles. The highest BCUT2D eigenvalue weighted by molar-refractivity contribution is 14.1. The summed E-state index contributed by atoms with van der Waals surface area (Å²) in [6.07, 6.45) is 1.68. The van der Waals surface area contributed by atoms with Crippen LogP contribution in [0.15, 0.2) is 66.9 Å². The van der Waals surface area contributed by atoms with Gasteiger partial charge in [0.25, 0.3) is 0 Å². The van der Waals surface area contributed by atoms with Gasteiger partial charge in [0.1, 0.15) is 17.3 Å². The molecule has 4 nitrogen and oxygen atoms in total. The Kier molecular flexibility index (Phi) is 6.72. The van der Waals surface area contributed by atoms with Gasteiger partial charge < -0.3 is 4.74 Å². The quantitative estimate of drug-likeness (QED) is 0.197. The zero-order valence-electron chi connectivity index (χ0n) is 16.3. The van der Waals surface area contributed by atoms with Gasteiger partial charge >= 0.3 is 0 Å². The summed E-state index contributed by atoms with van der Waals surface area (Å²) in [6.45, 7) is 0. The van der Waals surface area contributed by atoms with E-state index in [9.17, 15) is 14.0 Å². The number of halogens is 2. The number of nitrogens with zero attached hydrogens (tertiary/aromatic N) is 1. The Morgan fingerprint density at radius 1 is 0.935 bits per heavy atom. The summed E-state index contributed by atoms with van der Waals surface area (Å²) in [4.78, 5) is 28.7. The number of ether oxygens (including phenoxy) is 1. The van der Waals surface area contributed by atoms with Crippen LogP contribution in [0.25, 0.3) is 10.2 Å². The smallest absolute Gasteiger partial charge is 0.166 e. The Morgan fingerprint density at radius 3 is 2.42 bits per heavy atom. The molecule has 0 aliphatic rings. The molecule has 7 heteroatoms.